The van der Waals surface area contributed by atoms with Gasteiger partial charge in [-0.05, 0) is 37.6 Å². The van der Waals surface area contributed by atoms with E-state index in [0.29, 0.717) is 18.5 Å². The maximum atomic E-state index is 12.3. The van der Waals surface area contributed by atoms with Crippen molar-refractivity contribution in [1.82, 2.24) is 4.90 Å². The van der Waals surface area contributed by atoms with Gasteiger partial charge in [0.2, 0.25) is 0 Å². The summed E-state index contributed by atoms with van der Waals surface area (Å²) < 4.78 is 23.1. The first-order valence-electron chi connectivity index (χ1n) is 6.85. The van der Waals surface area contributed by atoms with E-state index in [2.05, 4.69) is 5.32 Å². The number of nitrogens with one attached hydrogen (secondary N) is 1. The van der Waals surface area contributed by atoms with Gasteiger partial charge in [-0.15, -0.1) is 0 Å². The number of benzene rings is 1. The van der Waals surface area contributed by atoms with Crippen molar-refractivity contribution >= 4 is 21.4 Å². The van der Waals surface area contributed by atoms with E-state index in [9.17, 15) is 13.2 Å². The molecule has 1 fully saturated rings. The average molecular weight is 296 g/mol. The van der Waals surface area contributed by atoms with Crippen LogP contribution in [0.5, 0.6) is 0 Å². The van der Waals surface area contributed by atoms with Crippen molar-refractivity contribution in [2.45, 2.75) is 13.3 Å². The van der Waals surface area contributed by atoms with Gasteiger partial charge >= 0.3 is 0 Å². The number of rotatable bonds is 3. The molecule has 0 spiro atoms. The number of anilines is 1. The van der Waals surface area contributed by atoms with Crippen LogP contribution in [-0.4, -0.2) is 50.4 Å². The Kier molecular flexibility index (Phi) is 4.65. The van der Waals surface area contributed by atoms with Gasteiger partial charge in [-0.1, -0.05) is 0 Å². The number of carbonyl (C=O) groups is 1. The third-order valence-corrected chi connectivity index (χ3v) is 5.07. The summed E-state index contributed by atoms with van der Waals surface area (Å²) in [6, 6.07) is 7.29. The standard InChI is InChI=1S/C14H20N2O3S/c1-2-15-13-6-4-12(5-7-13)14(17)16-8-3-10-20(18,19)11-9-16/h4-7,15H,2-3,8-11H2,1H3. The molecule has 1 aromatic rings. The molecule has 1 aliphatic rings. The van der Waals surface area contributed by atoms with E-state index in [0.717, 1.165) is 12.2 Å². The van der Waals surface area contributed by atoms with Crippen molar-refractivity contribution in [3.63, 3.8) is 0 Å². The van der Waals surface area contributed by atoms with E-state index in [1.165, 1.54) is 0 Å². The molecule has 0 radical (unpaired) electrons. The van der Waals surface area contributed by atoms with Crippen LogP contribution in [0.4, 0.5) is 5.69 Å². The first kappa shape index (κ1) is 14.8. The van der Waals surface area contributed by atoms with Crippen molar-refractivity contribution in [2.75, 3.05) is 36.5 Å². The third-order valence-electron chi connectivity index (χ3n) is 3.36. The highest BCUT2D eigenvalue weighted by molar-refractivity contribution is 7.91. The van der Waals surface area contributed by atoms with Crippen LogP contribution in [0.15, 0.2) is 24.3 Å². The number of sulfone groups is 1. The van der Waals surface area contributed by atoms with E-state index >= 15 is 0 Å². The lowest BCUT2D eigenvalue weighted by Crippen LogP contribution is -2.33. The Hall–Kier alpha value is -1.56. The van der Waals surface area contributed by atoms with Gasteiger partial charge in [0.1, 0.15) is 0 Å². The average Bonchev–Trinajstić information content (AvgIpc) is 2.60. The molecule has 6 heteroatoms. The first-order chi connectivity index (χ1) is 9.52. The fraction of sp³-hybridized carbons (Fsp3) is 0.500. The summed E-state index contributed by atoms with van der Waals surface area (Å²) in [7, 11) is -2.99. The van der Waals surface area contributed by atoms with E-state index < -0.39 is 9.84 Å². The molecular formula is C14H20N2O3S. The summed E-state index contributed by atoms with van der Waals surface area (Å²) in [5, 5.41) is 3.17. The van der Waals surface area contributed by atoms with Gasteiger partial charge in [0.15, 0.2) is 9.84 Å². The minimum atomic E-state index is -2.99. The van der Waals surface area contributed by atoms with Gasteiger partial charge in [-0.25, -0.2) is 8.42 Å². The predicted molar refractivity (Wildman–Crippen MR) is 79.8 cm³/mol. The Labute approximate surface area is 119 Å². The summed E-state index contributed by atoms with van der Waals surface area (Å²) in [4.78, 5) is 14.0. The zero-order chi connectivity index (χ0) is 14.6. The number of nitrogens with zero attached hydrogens (tertiary/aromatic N) is 1. The molecule has 1 saturated heterocycles. The van der Waals surface area contributed by atoms with Gasteiger partial charge in [0, 0.05) is 30.9 Å². The molecule has 110 valence electrons. The second-order valence-corrected chi connectivity index (χ2v) is 7.21. The van der Waals surface area contributed by atoms with Crippen molar-refractivity contribution in [3.8, 4) is 0 Å². The molecule has 5 nitrogen and oxygen atoms in total. The third kappa shape index (κ3) is 3.72. The van der Waals surface area contributed by atoms with Crippen LogP contribution in [0.1, 0.15) is 23.7 Å². The van der Waals surface area contributed by atoms with Crippen LogP contribution in [-0.2, 0) is 9.84 Å². The largest absolute Gasteiger partial charge is 0.385 e. The normalized spacial score (nSPS) is 18.4. The smallest absolute Gasteiger partial charge is 0.253 e. The molecule has 1 amide bonds. The minimum absolute atomic E-state index is 0.0637. The van der Waals surface area contributed by atoms with Crippen LogP contribution in [0, 0.1) is 0 Å². The van der Waals surface area contributed by atoms with Crippen molar-refractivity contribution in [2.24, 2.45) is 0 Å². The predicted octanol–water partition coefficient (Wildman–Crippen LogP) is 1.38. The van der Waals surface area contributed by atoms with Crippen molar-refractivity contribution in [3.05, 3.63) is 29.8 Å². The topological polar surface area (TPSA) is 66.5 Å². The first-order valence-corrected chi connectivity index (χ1v) is 8.67. The van der Waals surface area contributed by atoms with Crippen LogP contribution >= 0.6 is 0 Å². The Morgan fingerprint density at radius 3 is 2.55 bits per heavy atom. The number of carbonyl (C=O) groups excluding carboxylic acids is 1. The maximum Gasteiger partial charge on any atom is 0.253 e. The molecule has 0 bridgehead atoms. The molecule has 1 aromatic carbocycles. The quantitative estimate of drug-likeness (QED) is 0.915. The monoisotopic (exact) mass is 296 g/mol. The minimum Gasteiger partial charge on any atom is -0.385 e. The highest BCUT2D eigenvalue weighted by Crippen LogP contribution is 2.13. The maximum absolute atomic E-state index is 12.3. The Bertz CT molecular complexity index is 567. The van der Waals surface area contributed by atoms with E-state index in [1.54, 1.807) is 17.0 Å². The SMILES string of the molecule is CCNc1ccc(C(=O)N2CCCS(=O)(=O)CC2)cc1. The summed E-state index contributed by atoms with van der Waals surface area (Å²) in [5.74, 6) is 0.148. The van der Waals surface area contributed by atoms with Gasteiger partial charge in [0.05, 0.1) is 11.5 Å². The van der Waals surface area contributed by atoms with Crippen LogP contribution in [0.25, 0.3) is 0 Å². The summed E-state index contributed by atoms with van der Waals surface area (Å²) in [6.07, 6.45) is 0.517. The summed E-state index contributed by atoms with van der Waals surface area (Å²) in [5.41, 5.74) is 1.58. The molecule has 0 saturated carbocycles. The second kappa shape index (κ2) is 6.26. The number of hydrogen-bond acceptors (Lipinski definition) is 4. The lowest BCUT2D eigenvalue weighted by molar-refractivity contribution is 0.0768. The van der Waals surface area contributed by atoms with Gasteiger partial charge in [0.25, 0.3) is 5.91 Å². The Morgan fingerprint density at radius 1 is 1.20 bits per heavy atom. The van der Waals surface area contributed by atoms with E-state index in [1.807, 2.05) is 19.1 Å². The Morgan fingerprint density at radius 2 is 1.90 bits per heavy atom. The number of amides is 1. The highest BCUT2D eigenvalue weighted by Gasteiger charge is 2.23. The van der Waals surface area contributed by atoms with Crippen LogP contribution < -0.4 is 5.32 Å². The zero-order valence-corrected chi connectivity index (χ0v) is 12.4. The van der Waals surface area contributed by atoms with E-state index in [-0.39, 0.29) is 24.0 Å². The molecule has 2 rings (SSSR count). The van der Waals surface area contributed by atoms with Gasteiger partial charge in [-0.3, -0.25) is 4.79 Å². The van der Waals surface area contributed by atoms with E-state index in [4.69, 9.17) is 0 Å². The molecule has 0 atom stereocenters. The molecule has 1 aliphatic heterocycles. The molecule has 20 heavy (non-hydrogen) atoms. The van der Waals surface area contributed by atoms with Crippen LogP contribution in [0.3, 0.4) is 0 Å². The van der Waals surface area contributed by atoms with Crippen molar-refractivity contribution < 1.29 is 13.2 Å². The molecular weight excluding hydrogens is 276 g/mol. The number of hydrogen-bond donors (Lipinski definition) is 1. The molecule has 0 aliphatic carbocycles. The van der Waals surface area contributed by atoms with Crippen molar-refractivity contribution in [1.29, 1.82) is 0 Å². The second-order valence-electron chi connectivity index (χ2n) is 4.91. The lowest BCUT2D eigenvalue weighted by Gasteiger charge is -2.19. The summed E-state index contributed by atoms with van der Waals surface area (Å²) in [6.45, 7) is 3.64. The molecule has 0 aromatic heterocycles. The molecule has 1 N–H and O–H groups in total. The molecule has 1 heterocycles. The summed E-state index contributed by atoms with van der Waals surface area (Å²) >= 11 is 0. The fourth-order valence-corrected chi connectivity index (χ4v) is 3.53. The van der Waals surface area contributed by atoms with Crippen LogP contribution in [0.2, 0.25) is 0 Å². The lowest BCUT2D eigenvalue weighted by atomic mass is 10.1. The fourth-order valence-electron chi connectivity index (χ4n) is 2.26. The highest BCUT2D eigenvalue weighted by atomic mass is 32.2. The Balaban J connectivity index is 2.06. The van der Waals surface area contributed by atoms with Gasteiger partial charge < -0.3 is 10.2 Å². The van der Waals surface area contributed by atoms with Gasteiger partial charge in [-0.2, -0.15) is 0 Å². The zero-order valence-electron chi connectivity index (χ0n) is 11.6. The molecule has 0 unspecified atom stereocenters.